The van der Waals surface area contributed by atoms with Gasteiger partial charge < -0.3 is 10.2 Å². The summed E-state index contributed by atoms with van der Waals surface area (Å²) >= 11 is 0. The molecule has 1 aliphatic rings. The lowest BCUT2D eigenvalue weighted by Crippen LogP contribution is -2.40. The summed E-state index contributed by atoms with van der Waals surface area (Å²) in [5.74, 6) is 0. The molecule has 0 aliphatic heterocycles. The fraction of sp³-hybridized carbons (Fsp3) is 0.625. The zero-order chi connectivity index (χ0) is 14.7. The third-order valence-corrected chi connectivity index (χ3v) is 4.76. The van der Waals surface area contributed by atoms with Gasteiger partial charge in [-0.3, -0.25) is 0 Å². The molecule has 0 amide bonds. The average molecular weight is 272 g/mol. The van der Waals surface area contributed by atoms with E-state index in [2.05, 4.69) is 35.2 Å². The molecule has 1 aliphatic carbocycles. The monoisotopic (exact) mass is 272 g/mol. The first-order valence-electron chi connectivity index (χ1n) is 7.34. The van der Waals surface area contributed by atoms with Gasteiger partial charge in [-0.25, -0.2) is 4.98 Å². The normalized spacial score (nSPS) is 22.4. The molecule has 0 bridgehead atoms. The van der Waals surface area contributed by atoms with Crippen molar-refractivity contribution >= 4 is 5.69 Å². The highest BCUT2D eigenvalue weighted by Crippen LogP contribution is 2.29. The Hall–Kier alpha value is -1.60. The molecule has 0 saturated heterocycles. The van der Waals surface area contributed by atoms with Gasteiger partial charge in [-0.05, 0) is 57.7 Å². The van der Waals surface area contributed by atoms with E-state index in [1.54, 1.807) is 0 Å². The Labute approximate surface area is 121 Å². The molecular formula is C16H24N4. The Kier molecular flexibility index (Phi) is 4.61. The number of rotatable bonds is 3. The largest absolute Gasteiger partial charge is 0.370 e. The van der Waals surface area contributed by atoms with Crippen LogP contribution in [0.15, 0.2) is 6.20 Å². The van der Waals surface area contributed by atoms with Gasteiger partial charge in [0.05, 0.1) is 11.9 Å². The molecule has 4 nitrogen and oxygen atoms in total. The summed E-state index contributed by atoms with van der Waals surface area (Å²) < 4.78 is 0. The molecule has 1 fully saturated rings. The van der Waals surface area contributed by atoms with Crippen molar-refractivity contribution in [2.75, 3.05) is 19.0 Å². The first-order valence-corrected chi connectivity index (χ1v) is 7.34. The van der Waals surface area contributed by atoms with Gasteiger partial charge in [-0.2, -0.15) is 5.26 Å². The van der Waals surface area contributed by atoms with Crippen LogP contribution in [0.1, 0.15) is 42.5 Å². The lowest BCUT2D eigenvalue weighted by molar-refractivity contribution is 0.351. The van der Waals surface area contributed by atoms with E-state index in [0.717, 1.165) is 11.3 Å². The molecule has 0 atom stereocenters. The Bertz CT molecular complexity index is 510. The topological polar surface area (TPSA) is 52.0 Å². The second-order valence-corrected chi connectivity index (χ2v) is 5.76. The van der Waals surface area contributed by atoms with Gasteiger partial charge in [-0.1, -0.05) is 0 Å². The molecule has 108 valence electrons. The van der Waals surface area contributed by atoms with Gasteiger partial charge in [0.2, 0.25) is 0 Å². The molecule has 2 rings (SSSR count). The van der Waals surface area contributed by atoms with E-state index in [4.69, 9.17) is 5.26 Å². The van der Waals surface area contributed by atoms with E-state index in [1.807, 2.05) is 20.2 Å². The Morgan fingerprint density at radius 2 is 1.90 bits per heavy atom. The van der Waals surface area contributed by atoms with Crippen molar-refractivity contribution in [3.05, 3.63) is 23.0 Å². The summed E-state index contributed by atoms with van der Waals surface area (Å²) in [4.78, 5) is 6.64. The van der Waals surface area contributed by atoms with Crippen LogP contribution in [-0.4, -0.2) is 31.2 Å². The molecule has 0 radical (unpaired) electrons. The second-order valence-electron chi connectivity index (χ2n) is 5.76. The van der Waals surface area contributed by atoms with E-state index >= 15 is 0 Å². The maximum Gasteiger partial charge on any atom is 0.143 e. The Balaban J connectivity index is 2.16. The highest BCUT2D eigenvalue weighted by Gasteiger charge is 2.24. The predicted molar refractivity (Wildman–Crippen MR) is 81.9 cm³/mol. The standard InChI is InChI=1S/C16H24N4/c1-11-12(2)16(10-19-15(11)9-17)20(4)14-7-5-13(18-3)6-8-14/h10,13-14,18H,5-8H2,1-4H3. The van der Waals surface area contributed by atoms with Gasteiger partial charge >= 0.3 is 0 Å². The number of nitrogens with one attached hydrogen (secondary N) is 1. The van der Waals surface area contributed by atoms with E-state index in [0.29, 0.717) is 17.8 Å². The highest BCUT2D eigenvalue weighted by atomic mass is 15.1. The minimum absolute atomic E-state index is 0.540. The quantitative estimate of drug-likeness (QED) is 0.918. The third-order valence-electron chi connectivity index (χ3n) is 4.76. The Morgan fingerprint density at radius 3 is 2.45 bits per heavy atom. The summed E-state index contributed by atoms with van der Waals surface area (Å²) in [6.45, 7) is 4.07. The van der Waals surface area contributed by atoms with Crippen molar-refractivity contribution in [3.63, 3.8) is 0 Å². The lowest BCUT2D eigenvalue weighted by atomic mass is 9.90. The molecule has 0 unspecified atom stereocenters. The summed E-state index contributed by atoms with van der Waals surface area (Å²) in [7, 11) is 4.20. The van der Waals surface area contributed by atoms with Crippen LogP contribution < -0.4 is 10.2 Å². The number of anilines is 1. The van der Waals surface area contributed by atoms with Crippen molar-refractivity contribution < 1.29 is 0 Å². The molecular weight excluding hydrogens is 248 g/mol. The number of hydrogen-bond donors (Lipinski definition) is 1. The molecule has 0 aromatic carbocycles. The summed E-state index contributed by atoms with van der Waals surface area (Å²) in [5, 5.41) is 12.4. The maximum atomic E-state index is 9.04. The summed E-state index contributed by atoms with van der Waals surface area (Å²) in [6, 6.07) is 3.40. The maximum absolute atomic E-state index is 9.04. The van der Waals surface area contributed by atoms with Crippen LogP contribution in [0.2, 0.25) is 0 Å². The van der Waals surface area contributed by atoms with E-state index in [1.165, 1.54) is 31.2 Å². The van der Waals surface area contributed by atoms with E-state index in [-0.39, 0.29) is 0 Å². The summed E-state index contributed by atoms with van der Waals surface area (Å²) in [6.07, 6.45) is 6.73. The van der Waals surface area contributed by atoms with Crippen molar-refractivity contribution in [1.29, 1.82) is 5.26 Å². The summed E-state index contributed by atoms with van der Waals surface area (Å²) in [5.41, 5.74) is 3.88. The minimum atomic E-state index is 0.540. The minimum Gasteiger partial charge on any atom is -0.370 e. The zero-order valence-electron chi connectivity index (χ0n) is 12.9. The van der Waals surface area contributed by atoms with Gasteiger partial charge in [0.25, 0.3) is 0 Å². The lowest BCUT2D eigenvalue weighted by Gasteiger charge is -2.36. The van der Waals surface area contributed by atoms with Crippen LogP contribution in [-0.2, 0) is 0 Å². The molecule has 1 saturated carbocycles. The van der Waals surface area contributed by atoms with Crippen LogP contribution >= 0.6 is 0 Å². The van der Waals surface area contributed by atoms with Crippen LogP contribution in [0.3, 0.4) is 0 Å². The number of nitrogens with zero attached hydrogens (tertiary/aromatic N) is 3. The molecule has 20 heavy (non-hydrogen) atoms. The SMILES string of the molecule is CNC1CCC(N(C)c2cnc(C#N)c(C)c2C)CC1. The molecule has 4 heteroatoms. The van der Waals surface area contributed by atoms with Gasteiger partial charge in [0.15, 0.2) is 0 Å². The van der Waals surface area contributed by atoms with Crippen LogP contribution in [0.5, 0.6) is 0 Å². The zero-order valence-corrected chi connectivity index (χ0v) is 12.9. The van der Waals surface area contributed by atoms with Gasteiger partial charge in [-0.15, -0.1) is 0 Å². The van der Waals surface area contributed by atoms with Crippen molar-refractivity contribution in [1.82, 2.24) is 10.3 Å². The molecule has 1 aromatic rings. The third kappa shape index (κ3) is 2.78. The van der Waals surface area contributed by atoms with Crippen LogP contribution in [0, 0.1) is 25.2 Å². The van der Waals surface area contributed by atoms with Crippen molar-refractivity contribution in [2.24, 2.45) is 0 Å². The molecule has 1 heterocycles. The van der Waals surface area contributed by atoms with Gasteiger partial charge in [0, 0.05) is 19.1 Å². The molecule has 1 N–H and O–H groups in total. The molecule has 0 spiro atoms. The smallest absolute Gasteiger partial charge is 0.143 e. The number of aromatic nitrogens is 1. The van der Waals surface area contributed by atoms with E-state index < -0.39 is 0 Å². The fourth-order valence-electron chi connectivity index (χ4n) is 3.11. The van der Waals surface area contributed by atoms with Crippen LogP contribution in [0.4, 0.5) is 5.69 Å². The first-order chi connectivity index (χ1) is 9.58. The number of hydrogen-bond acceptors (Lipinski definition) is 4. The Morgan fingerprint density at radius 1 is 1.25 bits per heavy atom. The van der Waals surface area contributed by atoms with E-state index in [9.17, 15) is 0 Å². The first kappa shape index (κ1) is 14.8. The van der Waals surface area contributed by atoms with Gasteiger partial charge in [0.1, 0.15) is 11.8 Å². The average Bonchev–Trinajstić information content (AvgIpc) is 2.49. The number of pyridine rings is 1. The van der Waals surface area contributed by atoms with Crippen LogP contribution in [0.25, 0.3) is 0 Å². The van der Waals surface area contributed by atoms with Crippen molar-refractivity contribution in [2.45, 2.75) is 51.6 Å². The predicted octanol–water partition coefficient (Wildman–Crippen LogP) is 2.54. The highest BCUT2D eigenvalue weighted by molar-refractivity contribution is 5.57. The number of nitriles is 1. The molecule has 1 aromatic heterocycles. The second kappa shape index (κ2) is 6.23. The van der Waals surface area contributed by atoms with Crippen molar-refractivity contribution in [3.8, 4) is 6.07 Å². The fourth-order valence-corrected chi connectivity index (χ4v) is 3.11.